The third-order valence-corrected chi connectivity index (χ3v) is 2.50. The Bertz CT molecular complexity index is 424. The Labute approximate surface area is 93.9 Å². The normalized spacial score (nSPS) is 12.7. The van der Waals surface area contributed by atoms with Crippen molar-refractivity contribution in [3.63, 3.8) is 0 Å². The number of benzene rings is 1. The van der Waals surface area contributed by atoms with Gasteiger partial charge in [0.1, 0.15) is 5.76 Å². The first-order chi connectivity index (χ1) is 7.31. The fourth-order valence-corrected chi connectivity index (χ4v) is 1.75. The largest absolute Gasteiger partial charge is 0.448 e. The Morgan fingerprint density at radius 3 is 2.40 bits per heavy atom. The molecule has 0 fully saturated rings. The number of hydrogen-bond donors (Lipinski definition) is 1. The van der Waals surface area contributed by atoms with Gasteiger partial charge in [0.25, 0.3) is 0 Å². The van der Waals surface area contributed by atoms with Crippen LogP contribution in [0.5, 0.6) is 0 Å². The van der Waals surface area contributed by atoms with Crippen LogP contribution in [-0.2, 0) is 0 Å². The van der Waals surface area contributed by atoms with Crippen LogP contribution < -0.4 is 5.32 Å². The molecule has 1 heterocycles. The first-order valence-electron chi connectivity index (χ1n) is 4.78. The number of nitrogens with one attached hydrogen (secondary N) is 1. The summed E-state index contributed by atoms with van der Waals surface area (Å²) in [6.45, 7) is 0. The van der Waals surface area contributed by atoms with Crippen LogP contribution in [0.1, 0.15) is 17.4 Å². The maximum atomic E-state index is 5.75. The molecule has 1 unspecified atom stereocenters. The Kier molecular flexibility index (Phi) is 3.09. The molecule has 3 heteroatoms. The lowest BCUT2D eigenvalue weighted by molar-refractivity contribution is 0.465. The predicted octanol–water partition coefficient (Wildman–Crippen LogP) is 3.24. The molecule has 1 aromatic carbocycles. The summed E-state index contributed by atoms with van der Waals surface area (Å²) in [7, 11) is 1.90. The molecule has 0 bridgehead atoms. The lowest BCUT2D eigenvalue weighted by atomic mass is 10.1. The van der Waals surface area contributed by atoms with Gasteiger partial charge in [-0.25, -0.2) is 0 Å². The summed E-state index contributed by atoms with van der Waals surface area (Å²) in [6, 6.07) is 13.8. The summed E-state index contributed by atoms with van der Waals surface area (Å²) < 4.78 is 5.39. The maximum absolute atomic E-state index is 5.75. The van der Waals surface area contributed by atoms with Crippen LogP contribution in [0, 0.1) is 0 Å². The molecule has 78 valence electrons. The average Bonchev–Trinajstić information content (AvgIpc) is 2.68. The van der Waals surface area contributed by atoms with Gasteiger partial charge in [0.15, 0.2) is 5.22 Å². The molecule has 2 rings (SSSR count). The van der Waals surface area contributed by atoms with Crippen molar-refractivity contribution < 1.29 is 4.42 Å². The van der Waals surface area contributed by atoms with Gasteiger partial charge in [0.2, 0.25) is 0 Å². The molecule has 1 aromatic heterocycles. The summed E-state index contributed by atoms with van der Waals surface area (Å²) in [5, 5.41) is 3.61. The van der Waals surface area contributed by atoms with E-state index in [4.69, 9.17) is 16.0 Å². The Morgan fingerprint density at radius 1 is 1.13 bits per heavy atom. The van der Waals surface area contributed by atoms with Crippen molar-refractivity contribution in [2.45, 2.75) is 6.04 Å². The molecule has 0 radical (unpaired) electrons. The molecule has 0 spiro atoms. The predicted molar refractivity (Wildman–Crippen MR) is 61.1 cm³/mol. The van der Waals surface area contributed by atoms with E-state index < -0.39 is 0 Å². The molecular weight excluding hydrogens is 210 g/mol. The summed E-state index contributed by atoms with van der Waals surface area (Å²) in [5.41, 5.74) is 1.16. The lowest BCUT2D eigenvalue weighted by Gasteiger charge is -2.13. The van der Waals surface area contributed by atoms with Crippen LogP contribution in [-0.4, -0.2) is 7.05 Å². The second kappa shape index (κ2) is 4.51. The van der Waals surface area contributed by atoms with Gasteiger partial charge in [-0.15, -0.1) is 0 Å². The highest BCUT2D eigenvalue weighted by Gasteiger charge is 2.14. The van der Waals surface area contributed by atoms with Crippen LogP contribution in [0.2, 0.25) is 5.22 Å². The summed E-state index contributed by atoms with van der Waals surface area (Å²) in [4.78, 5) is 0. The molecule has 1 atom stereocenters. The van der Waals surface area contributed by atoms with Gasteiger partial charge in [0.05, 0.1) is 6.04 Å². The highest BCUT2D eigenvalue weighted by molar-refractivity contribution is 6.28. The van der Waals surface area contributed by atoms with Crippen molar-refractivity contribution in [1.29, 1.82) is 0 Å². The van der Waals surface area contributed by atoms with E-state index in [9.17, 15) is 0 Å². The van der Waals surface area contributed by atoms with E-state index in [1.54, 1.807) is 6.07 Å². The number of halogens is 1. The minimum absolute atomic E-state index is 0.0544. The second-order valence-electron chi connectivity index (χ2n) is 3.27. The zero-order valence-electron chi connectivity index (χ0n) is 8.41. The van der Waals surface area contributed by atoms with E-state index in [1.807, 2.05) is 31.3 Å². The van der Waals surface area contributed by atoms with Crippen molar-refractivity contribution in [1.82, 2.24) is 5.32 Å². The SMILES string of the molecule is CNC(c1ccccc1)c1ccc(Cl)o1. The van der Waals surface area contributed by atoms with Crippen LogP contribution in [0.25, 0.3) is 0 Å². The fraction of sp³-hybridized carbons (Fsp3) is 0.167. The molecule has 1 N–H and O–H groups in total. The Balaban J connectivity index is 2.33. The lowest BCUT2D eigenvalue weighted by Crippen LogP contribution is -2.16. The standard InChI is InChI=1S/C12H12ClNO/c1-14-12(9-5-3-2-4-6-9)10-7-8-11(13)15-10/h2-8,12,14H,1H3. The monoisotopic (exact) mass is 221 g/mol. The van der Waals surface area contributed by atoms with Gasteiger partial charge in [-0.2, -0.15) is 0 Å². The first-order valence-corrected chi connectivity index (χ1v) is 5.16. The zero-order chi connectivity index (χ0) is 10.7. The average molecular weight is 222 g/mol. The highest BCUT2D eigenvalue weighted by atomic mass is 35.5. The molecule has 2 aromatic rings. The van der Waals surface area contributed by atoms with E-state index in [2.05, 4.69) is 17.4 Å². The molecular formula is C12H12ClNO. The Morgan fingerprint density at radius 2 is 1.87 bits per heavy atom. The molecule has 0 saturated heterocycles. The Hall–Kier alpha value is -1.25. The van der Waals surface area contributed by atoms with Crippen LogP contribution in [0.3, 0.4) is 0 Å². The smallest absolute Gasteiger partial charge is 0.193 e. The molecule has 0 saturated carbocycles. The van der Waals surface area contributed by atoms with E-state index in [0.717, 1.165) is 11.3 Å². The number of rotatable bonds is 3. The number of hydrogen-bond acceptors (Lipinski definition) is 2. The first kappa shape index (κ1) is 10.3. The van der Waals surface area contributed by atoms with E-state index in [1.165, 1.54) is 0 Å². The minimum Gasteiger partial charge on any atom is -0.448 e. The fourth-order valence-electron chi connectivity index (χ4n) is 1.60. The third-order valence-electron chi connectivity index (χ3n) is 2.30. The number of furan rings is 1. The van der Waals surface area contributed by atoms with Gasteiger partial charge in [-0.3, -0.25) is 0 Å². The maximum Gasteiger partial charge on any atom is 0.193 e. The molecule has 2 nitrogen and oxygen atoms in total. The van der Waals surface area contributed by atoms with E-state index >= 15 is 0 Å². The summed E-state index contributed by atoms with van der Waals surface area (Å²) in [5.74, 6) is 0.828. The molecule has 0 aliphatic rings. The van der Waals surface area contributed by atoms with Gasteiger partial charge >= 0.3 is 0 Å². The van der Waals surface area contributed by atoms with Gasteiger partial charge in [-0.05, 0) is 36.3 Å². The van der Waals surface area contributed by atoms with Crippen molar-refractivity contribution in [3.05, 3.63) is 59.0 Å². The molecule has 0 aliphatic heterocycles. The van der Waals surface area contributed by atoms with Crippen molar-refractivity contribution >= 4 is 11.6 Å². The van der Waals surface area contributed by atoms with Crippen LogP contribution in [0.15, 0.2) is 46.9 Å². The highest BCUT2D eigenvalue weighted by Crippen LogP contribution is 2.25. The van der Waals surface area contributed by atoms with Crippen molar-refractivity contribution in [2.75, 3.05) is 7.05 Å². The van der Waals surface area contributed by atoms with Gasteiger partial charge in [0, 0.05) is 0 Å². The quantitative estimate of drug-likeness (QED) is 0.861. The summed E-state index contributed by atoms with van der Waals surface area (Å²) >= 11 is 5.75. The van der Waals surface area contributed by atoms with Gasteiger partial charge in [-0.1, -0.05) is 30.3 Å². The van der Waals surface area contributed by atoms with Crippen molar-refractivity contribution in [2.24, 2.45) is 0 Å². The third kappa shape index (κ3) is 2.22. The summed E-state index contributed by atoms with van der Waals surface area (Å²) in [6.07, 6.45) is 0. The van der Waals surface area contributed by atoms with Crippen LogP contribution >= 0.6 is 11.6 Å². The van der Waals surface area contributed by atoms with E-state index in [-0.39, 0.29) is 6.04 Å². The van der Waals surface area contributed by atoms with E-state index in [0.29, 0.717) is 5.22 Å². The minimum atomic E-state index is 0.0544. The van der Waals surface area contributed by atoms with Crippen molar-refractivity contribution in [3.8, 4) is 0 Å². The topological polar surface area (TPSA) is 25.2 Å². The zero-order valence-corrected chi connectivity index (χ0v) is 9.16. The molecule has 0 aliphatic carbocycles. The van der Waals surface area contributed by atoms with Crippen LogP contribution in [0.4, 0.5) is 0 Å². The second-order valence-corrected chi connectivity index (χ2v) is 3.65. The molecule has 0 amide bonds. The van der Waals surface area contributed by atoms with Gasteiger partial charge < -0.3 is 9.73 Å². The molecule has 15 heavy (non-hydrogen) atoms.